The van der Waals surface area contributed by atoms with Crippen LogP contribution in [0.5, 0.6) is 0 Å². The van der Waals surface area contributed by atoms with Crippen molar-refractivity contribution < 1.29 is 0 Å². The molecule has 92 valence electrons. The number of hydrogen-bond acceptors (Lipinski definition) is 4. The molecule has 2 saturated heterocycles. The zero-order valence-corrected chi connectivity index (χ0v) is 9.93. The highest BCUT2D eigenvalue weighted by Gasteiger charge is 2.19. The zero-order chi connectivity index (χ0) is 11.7. The van der Waals surface area contributed by atoms with Gasteiger partial charge in [-0.05, 0) is 25.8 Å². The Morgan fingerprint density at radius 1 is 1.35 bits per heavy atom. The number of piperidine rings is 1. The fourth-order valence-corrected chi connectivity index (χ4v) is 2.47. The van der Waals surface area contributed by atoms with Crippen molar-refractivity contribution in [2.45, 2.75) is 25.3 Å². The van der Waals surface area contributed by atoms with Gasteiger partial charge in [0.25, 0.3) is 5.56 Å². The molecule has 0 aromatic carbocycles. The Labute approximate surface area is 100 Å². The fraction of sp³-hybridized carbons (Fsp3) is 0.667. The number of aromatic nitrogens is 2. The van der Waals surface area contributed by atoms with Crippen LogP contribution in [0.1, 0.15) is 25.3 Å². The van der Waals surface area contributed by atoms with Crippen molar-refractivity contribution in [2.24, 2.45) is 0 Å². The number of nitrogens with zero attached hydrogens (tertiary/aromatic N) is 3. The van der Waals surface area contributed by atoms with E-state index < -0.39 is 0 Å². The third kappa shape index (κ3) is 2.07. The molecule has 0 bridgehead atoms. The Kier molecular flexibility index (Phi) is 2.84. The van der Waals surface area contributed by atoms with Crippen molar-refractivity contribution in [1.29, 1.82) is 0 Å². The maximum Gasteiger partial charge on any atom is 0.269 e. The van der Waals surface area contributed by atoms with Crippen LogP contribution in [-0.2, 0) is 0 Å². The van der Waals surface area contributed by atoms with Crippen LogP contribution in [0.25, 0.3) is 0 Å². The summed E-state index contributed by atoms with van der Waals surface area (Å²) in [5.74, 6) is 0. The van der Waals surface area contributed by atoms with E-state index in [1.54, 1.807) is 10.7 Å². The van der Waals surface area contributed by atoms with Gasteiger partial charge < -0.3 is 10.2 Å². The van der Waals surface area contributed by atoms with Gasteiger partial charge in [0.05, 0.1) is 17.9 Å². The average Bonchev–Trinajstić information content (AvgIpc) is 2.28. The molecule has 0 saturated carbocycles. The van der Waals surface area contributed by atoms with Gasteiger partial charge in [-0.3, -0.25) is 4.79 Å². The highest BCUT2D eigenvalue weighted by Crippen LogP contribution is 2.18. The summed E-state index contributed by atoms with van der Waals surface area (Å²) in [5, 5.41) is 7.64. The largest absolute Gasteiger partial charge is 0.370 e. The smallest absolute Gasteiger partial charge is 0.269 e. The second-order valence-electron chi connectivity index (χ2n) is 4.84. The van der Waals surface area contributed by atoms with Gasteiger partial charge >= 0.3 is 0 Å². The van der Waals surface area contributed by atoms with E-state index in [0.29, 0.717) is 0 Å². The summed E-state index contributed by atoms with van der Waals surface area (Å²) in [7, 11) is 0. The van der Waals surface area contributed by atoms with Crippen LogP contribution in [0.2, 0.25) is 0 Å². The molecule has 5 heteroatoms. The molecule has 1 N–H and O–H groups in total. The predicted octanol–water partition coefficient (Wildman–Crippen LogP) is 0.378. The quantitative estimate of drug-likeness (QED) is 0.803. The molecule has 0 amide bonds. The molecule has 1 unspecified atom stereocenters. The van der Waals surface area contributed by atoms with E-state index in [1.807, 2.05) is 6.20 Å². The molecule has 1 aromatic rings. The van der Waals surface area contributed by atoms with Crippen molar-refractivity contribution >= 4 is 5.69 Å². The van der Waals surface area contributed by atoms with Crippen LogP contribution in [-0.4, -0.2) is 36.0 Å². The van der Waals surface area contributed by atoms with E-state index in [4.69, 9.17) is 0 Å². The van der Waals surface area contributed by atoms with Crippen LogP contribution in [0.4, 0.5) is 5.69 Å². The lowest BCUT2D eigenvalue weighted by atomic mass is 10.1. The summed E-state index contributed by atoms with van der Waals surface area (Å²) in [5.41, 5.74) is 1.00. The Hall–Kier alpha value is -1.36. The minimum Gasteiger partial charge on any atom is -0.370 e. The van der Waals surface area contributed by atoms with Gasteiger partial charge in [0.1, 0.15) is 0 Å². The molecule has 17 heavy (non-hydrogen) atoms. The monoisotopic (exact) mass is 234 g/mol. The molecule has 1 atom stereocenters. The molecule has 2 fully saturated rings. The van der Waals surface area contributed by atoms with E-state index in [2.05, 4.69) is 15.3 Å². The summed E-state index contributed by atoms with van der Waals surface area (Å²) in [6.07, 6.45) is 5.21. The highest BCUT2D eigenvalue weighted by molar-refractivity contribution is 5.44. The number of rotatable bonds is 2. The topological polar surface area (TPSA) is 50.2 Å². The van der Waals surface area contributed by atoms with Gasteiger partial charge in [0.2, 0.25) is 0 Å². The van der Waals surface area contributed by atoms with Gasteiger partial charge in [0, 0.05) is 25.7 Å². The minimum atomic E-state index is 0.0306. The van der Waals surface area contributed by atoms with Crippen LogP contribution in [0.3, 0.4) is 0 Å². The van der Waals surface area contributed by atoms with Gasteiger partial charge in [-0.2, -0.15) is 5.10 Å². The Morgan fingerprint density at radius 3 is 2.82 bits per heavy atom. The highest BCUT2D eigenvalue weighted by atomic mass is 16.1. The maximum absolute atomic E-state index is 12.0. The second kappa shape index (κ2) is 4.49. The summed E-state index contributed by atoms with van der Waals surface area (Å²) >= 11 is 0. The Morgan fingerprint density at radius 2 is 2.24 bits per heavy atom. The summed E-state index contributed by atoms with van der Waals surface area (Å²) in [6.45, 7) is 4.01. The standard InChI is InChI=1S/C12H18N4O/c17-12-7-11(15-5-2-6-15)9-14-16(12)10-3-1-4-13-8-10/h7,9-10,13H,1-6,8H2. The van der Waals surface area contributed by atoms with E-state index in [0.717, 1.165) is 44.7 Å². The van der Waals surface area contributed by atoms with Gasteiger partial charge in [-0.1, -0.05) is 0 Å². The third-order valence-corrected chi connectivity index (χ3v) is 3.65. The van der Waals surface area contributed by atoms with E-state index in [1.165, 1.54) is 6.42 Å². The SMILES string of the molecule is O=c1cc(N2CCC2)cnn1C1CCCNC1. The summed E-state index contributed by atoms with van der Waals surface area (Å²) in [6, 6.07) is 1.95. The van der Waals surface area contributed by atoms with Gasteiger partial charge in [0.15, 0.2) is 0 Å². The lowest BCUT2D eigenvalue weighted by molar-refractivity contribution is 0.335. The van der Waals surface area contributed by atoms with E-state index in [-0.39, 0.29) is 11.6 Å². The molecule has 3 heterocycles. The Balaban J connectivity index is 1.82. The normalized spacial score (nSPS) is 24.5. The molecule has 5 nitrogen and oxygen atoms in total. The van der Waals surface area contributed by atoms with Crippen molar-refractivity contribution in [1.82, 2.24) is 15.1 Å². The first-order chi connectivity index (χ1) is 8.34. The van der Waals surface area contributed by atoms with Gasteiger partial charge in [-0.25, -0.2) is 4.68 Å². The van der Waals surface area contributed by atoms with E-state index >= 15 is 0 Å². The molecule has 2 aliphatic heterocycles. The van der Waals surface area contributed by atoms with Crippen molar-refractivity contribution in [3.8, 4) is 0 Å². The van der Waals surface area contributed by atoms with Crippen molar-refractivity contribution in [2.75, 3.05) is 31.1 Å². The predicted molar refractivity (Wildman–Crippen MR) is 66.5 cm³/mol. The lowest BCUT2D eigenvalue weighted by Crippen LogP contribution is -2.40. The number of anilines is 1. The maximum atomic E-state index is 12.0. The first-order valence-electron chi connectivity index (χ1n) is 6.39. The van der Waals surface area contributed by atoms with E-state index in [9.17, 15) is 4.79 Å². The molecule has 2 aliphatic rings. The second-order valence-corrected chi connectivity index (χ2v) is 4.84. The third-order valence-electron chi connectivity index (χ3n) is 3.65. The molecule has 0 radical (unpaired) electrons. The van der Waals surface area contributed by atoms with Crippen LogP contribution < -0.4 is 15.8 Å². The minimum absolute atomic E-state index is 0.0306. The molecule has 3 rings (SSSR count). The summed E-state index contributed by atoms with van der Waals surface area (Å²) in [4.78, 5) is 14.2. The van der Waals surface area contributed by atoms with Crippen LogP contribution >= 0.6 is 0 Å². The van der Waals surface area contributed by atoms with Crippen LogP contribution in [0.15, 0.2) is 17.1 Å². The van der Waals surface area contributed by atoms with Gasteiger partial charge in [-0.15, -0.1) is 0 Å². The van der Waals surface area contributed by atoms with Crippen LogP contribution in [0, 0.1) is 0 Å². The molecular formula is C12H18N4O. The van der Waals surface area contributed by atoms with Crippen molar-refractivity contribution in [3.63, 3.8) is 0 Å². The molecule has 1 aromatic heterocycles. The first kappa shape index (κ1) is 10.8. The molecule has 0 spiro atoms. The average molecular weight is 234 g/mol. The zero-order valence-electron chi connectivity index (χ0n) is 9.93. The van der Waals surface area contributed by atoms with Crippen molar-refractivity contribution in [3.05, 3.63) is 22.6 Å². The lowest BCUT2D eigenvalue weighted by Gasteiger charge is -2.33. The number of hydrogen-bond donors (Lipinski definition) is 1. The number of nitrogens with one attached hydrogen (secondary N) is 1. The Bertz CT molecular complexity index is 446. The fourth-order valence-electron chi connectivity index (χ4n) is 2.47. The molecular weight excluding hydrogens is 216 g/mol. The molecule has 0 aliphatic carbocycles. The summed E-state index contributed by atoms with van der Waals surface area (Å²) < 4.78 is 1.63. The first-order valence-corrected chi connectivity index (χ1v) is 6.39.